The molecule has 0 spiro atoms. The van der Waals surface area contributed by atoms with E-state index in [1.165, 1.54) is 11.6 Å². The van der Waals surface area contributed by atoms with Crippen LogP contribution in [0.4, 0.5) is 0 Å². The van der Waals surface area contributed by atoms with Crippen LogP contribution >= 0.6 is 35.6 Å². The molecule has 2 heterocycles. The Hall–Kier alpha value is -1.02. The van der Waals surface area contributed by atoms with E-state index in [1.807, 2.05) is 12.1 Å². The lowest BCUT2D eigenvalue weighted by molar-refractivity contribution is 0.159. The van der Waals surface area contributed by atoms with Crippen molar-refractivity contribution in [1.29, 1.82) is 0 Å². The number of sulfone groups is 1. The van der Waals surface area contributed by atoms with Crippen LogP contribution in [0.25, 0.3) is 0 Å². The molecule has 2 aromatic rings. The number of hydrogen-bond donors (Lipinski definition) is 1. The van der Waals surface area contributed by atoms with Crippen molar-refractivity contribution in [1.82, 2.24) is 10.2 Å². The van der Waals surface area contributed by atoms with Crippen LogP contribution in [-0.2, 0) is 22.8 Å². The van der Waals surface area contributed by atoms with E-state index in [0.29, 0.717) is 18.1 Å². The Morgan fingerprint density at radius 2 is 1.84 bits per heavy atom. The van der Waals surface area contributed by atoms with Gasteiger partial charge in [0.25, 0.3) is 0 Å². The highest BCUT2D eigenvalue weighted by atomic mass is 35.5. The minimum absolute atomic E-state index is 0. The number of hydrogen-bond acceptors (Lipinski definition) is 5. The first-order valence-electron chi connectivity index (χ1n) is 10.2. The van der Waals surface area contributed by atoms with Gasteiger partial charge in [-0.25, -0.2) is 8.42 Å². The molecule has 4 rings (SSSR count). The van der Waals surface area contributed by atoms with E-state index in [2.05, 4.69) is 16.3 Å². The topological polar surface area (TPSA) is 58.6 Å². The van der Waals surface area contributed by atoms with E-state index in [4.69, 9.17) is 27.9 Å². The zero-order valence-electron chi connectivity index (χ0n) is 17.3. The number of methoxy groups -OCH3 is 1. The number of piperidine rings is 1. The summed E-state index contributed by atoms with van der Waals surface area (Å²) in [5.41, 5.74) is 2.36. The van der Waals surface area contributed by atoms with E-state index in [0.717, 1.165) is 43.7 Å². The highest BCUT2D eigenvalue weighted by Crippen LogP contribution is 2.37. The van der Waals surface area contributed by atoms with Crippen LogP contribution in [-0.4, -0.2) is 45.4 Å². The molecule has 2 aromatic carbocycles. The van der Waals surface area contributed by atoms with Gasteiger partial charge in [-0.2, -0.15) is 0 Å². The molecule has 2 aliphatic rings. The average Bonchev–Trinajstić information content (AvgIpc) is 2.75. The molecule has 5 nitrogen and oxygen atoms in total. The molecule has 1 saturated heterocycles. The van der Waals surface area contributed by atoms with Gasteiger partial charge in [0.15, 0.2) is 9.84 Å². The second-order valence-corrected chi connectivity index (χ2v) is 10.8. The molecule has 1 unspecified atom stereocenters. The summed E-state index contributed by atoms with van der Waals surface area (Å²) in [7, 11) is -2.05. The van der Waals surface area contributed by atoms with Crippen LogP contribution < -0.4 is 10.1 Å². The van der Waals surface area contributed by atoms with Crippen molar-refractivity contribution in [3.05, 3.63) is 57.6 Å². The molecule has 170 valence electrons. The fourth-order valence-electron chi connectivity index (χ4n) is 4.60. The predicted molar refractivity (Wildman–Crippen MR) is 127 cm³/mol. The van der Waals surface area contributed by atoms with Crippen LogP contribution in [0, 0.1) is 5.92 Å². The summed E-state index contributed by atoms with van der Waals surface area (Å²) in [6.45, 7) is 2.90. The molecule has 0 aliphatic carbocycles. The highest BCUT2D eigenvalue weighted by molar-refractivity contribution is 7.92. The summed E-state index contributed by atoms with van der Waals surface area (Å²) in [6, 6.07) is 10.7. The zero-order chi connectivity index (χ0) is 21.3. The maximum absolute atomic E-state index is 13.9. The van der Waals surface area contributed by atoms with E-state index < -0.39 is 15.2 Å². The fraction of sp³-hybridized carbons (Fsp3) is 0.455. The first kappa shape index (κ1) is 24.6. The third-order valence-corrected chi connectivity index (χ3v) is 9.07. The average molecular weight is 506 g/mol. The molecule has 0 amide bonds. The Labute approximate surface area is 200 Å². The highest BCUT2D eigenvalue weighted by Gasteiger charge is 2.41. The van der Waals surface area contributed by atoms with Crippen LogP contribution in [0.15, 0.2) is 41.3 Å². The standard InChI is InChI=1S/C22H26Cl2N2O3S.ClH/c1-29-19-4-2-17-14-26(11-8-16(17)12-19)22(15-6-9-25-10-7-15)30(27,28)21-13-18(23)3-5-20(21)24;/h2-5,12-13,15,22,25H,6-11,14H2,1H3;1H. The van der Waals surface area contributed by atoms with Crippen molar-refractivity contribution in [3.63, 3.8) is 0 Å². The lowest BCUT2D eigenvalue weighted by Crippen LogP contribution is -2.50. The summed E-state index contributed by atoms with van der Waals surface area (Å²) in [5, 5.41) is 3.30. The molecule has 1 atom stereocenters. The van der Waals surface area contributed by atoms with E-state index in [1.54, 1.807) is 19.2 Å². The van der Waals surface area contributed by atoms with Crippen molar-refractivity contribution in [2.45, 2.75) is 36.1 Å². The van der Waals surface area contributed by atoms with Crippen LogP contribution in [0.1, 0.15) is 24.0 Å². The van der Waals surface area contributed by atoms with Crippen molar-refractivity contribution in [3.8, 4) is 5.75 Å². The monoisotopic (exact) mass is 504 g/mol. The first-order chi connectivity index (χ1) is 14.4. The number of rotatable bonds is 5. The van der Waals surface area contributed by atoms with Gasteiger partial charge in [-0.3, -0.25) is 4.90 Å². The van der Waals surface area contributed by atoms with Gasteiger partial charge in [-0.1, -0.05) is 29.3 Å². The van der Waals surface area contributed by atoms with Crippen LogP contribution in [0.2, 0.25) is 10.0 Å². The van der Waals surface area contributed by atoms with E-state index in [-0.39, 0.29) is 28.2 Å². The second-order valence-electron chi connectivity index (χ2n) is 7.95. The molecule has 0 saturated carbocycles. The van der Waals surface area contributed by atoms with Gasteiger partial charge in [0.2, 0.25) is 0 Å². The normalized spacial score (nSPS) is 18.7. The molecule has 2 aliphatic heterocycles. The number of halogens is 3. The SMILES string of the molecule is COc1ccc2c(c1)CCN(C(C1CCNCC1)S(=O)(=O)c1cc(Cl)ccc1Cl)C2.Cl. The Morgan fingerprint density at radius 1 is 1.10 bits per heavy atom. The Morgan fingerprint density at radius 3 is 2.55 bits per heavy atom. The Balaban J connectivity index is 0.00000272. The third kappa shape index (κ3) is 5.15. The lowest BCUT2D eigenvalue weighted by atomic mass is 9.94. The summed E-state index contributed by atoms with van der Waals surface area (Å²) in [5.74, 6) is 0.863. The van der Waals surface area contributed by atoms with Crippen LogP contribution in [0.3, 0.4) is 0 Å². The van der Waals surface area contributed by atoms with Gasteiger partial charge in [-0.05, 0) is 79.7 Å². The molecule has 0 bridgehead atoms. The van der Waals surface area contributed by atoms with Crippen molar-refractivity contribution < 1.29 is 13.2 Å². The van der Waals surface area contributed by atoms with Crippen molar-refractivity contribution in [2.75, 3.05) is 26.7 Å². The minimum atomic E-state index is -3.71. The van der Waals surface area contributed by atoms with E-state index in [9.17, 15) is 8.42 Å². The van der Waals surface area contributed by atoms with Gasteiger partial charge in [0.05, 0.1) is 17.0 Å². The Kier molecular flexibility index (Phi) is 8.16. The lowest BCUT2D eigenvalue weighted by Gasteiger charge is -2.40. The minimum Gasteiger partial charge on any atom is -0.497 e. The number of nitrogens with zero attached hydrogens (tertiary/aromatic N) is 1. The largest absolute Gasteiger partial charge is 0.497 e. The third-order valence-electron chi connectivity index (χ3n) is 6.12. The number of nitrogens with one attached hydrogen (secondary N) is 1. The number of ether oxygens (including phenoxy) is 1. The quantitative estimate of drug-likeness (QED) is 0.644. The molecule has 0 radical (unpaired) electrons. The zero-order valence-corrected chi connectivity index (χ0v) is 20.5. The first-order valence-corrected chi connectivity index (χ1v) is 12.5. The maximum atomic E-state index is 13.9. The molecule has 1 fully saturated rings. The summed E-state index contributed by atoms with van der Waals surface area (Å²) in [4.78, 5) is 2.23. The van der Waals surface area contributed by atoms with Gasteiger partial charge >= 0.3 is 0 Å². The molecule has 9 heteroatoms. The molecular weight excluding hydrogens is 479 g/mol. The molecule has 0 aromatic heterocycles. The Bertz CT molecular complexity index is 1030. The molecule has 31 heavy (non-hydrogen) atoms. The summed E-state index contributed by atoms with van der Waals surface area (Å²) >= 11 is 12.5. The van der Waals surface area contributed by atoms with Crippen LogP contribution in [0.5, 0.6) is 5.75 Å². The number of fused-ring (bicyclic) bond motifs is 1. The summed E-state index contributed by atoms with van der Waals surface area (Å²) < 4.78 is 33.1. The van der Waals surface area contributed by atoms with Crippen molar-refractivity contribution in [2.24, 2.45) is 5.92 Å². The second kappa shape index (κ2) is 10.3. The van der Waals surface area contributed by atoms with Gasteiger partial charge in [-0.15, -0.1) is 12.4 Å². The molecule has 1 N–H and O–H groups in total. The van der Waals surface area contributed by atoms with Gasteiger partial charge in [0.1, 0.15) is 11.1 Å². The molecular formula is C22H27Cl3N2O3S. The summed E-state index contributed by atoms with van der Waals surface area (Å²) in [6.07, 6.45) is 2.41. The van der Waals surface area contributed by atoms with Crippen molar-refractivity contribution >= 4 is 45.4 Å². The van der Waals surface area contributed by atoms with Gasteiger partial charge < -0.3 is 10.1 Å². The van der Waals surface area contributed by atoms with Gasteiger partial charge in [0, 0.05) is 18.1 Å². The fourth-order valence-corrected chi connectivity index (χ4v) is 7.52. The number of benzene rings is 2. The van der Waals surface area contributed by atoms with E-state index >= 15 is 0 Å². The maximum Gasteiger partial charge on any atom is 0.196 e. The predicted octanol–water partition coefficient (Wildman–Crippen LogP) is 4.58. The smallest absolute Gasteiger partial charge is 0.196 e.